The summed E-state index contributed by atoms with van der Waals surface area (Å²) in [5.41, 5.74) is 2.20. The molecule has 3 aromatic rings. The van der Waals surface area contributed by atoms with E-state index in [1.165, 1.54) is 0 Å². The van der Waals surface area contributed by atoms with E-state index < -0.39 is 5.91 Å². The number of aromatic amines is 1. The third-order valence-electron chi connectivity index (χ3n) is 3.61. The highest BCUT2D eigenvalue weighted by molar-refractivity contribution is 6.05. The summed E-state index contributed by atoms with van der Waals surface area (Å²) in [6.07, 6.45) is 1.89. The van der Waals surface area contributed by atoms with Gasteiger partial charge in [0.2, 0.25) is 5.91 Å². The van der Waals surface area contributed by atoms with Crippen molar-refractivity contribution in [2.75, 3.05) is 7.11 Å². The molecule has 0 saturated heterocycles. The number of carbonyl (C=O) groups is 2. The molecule has 5 heteroatoms. The molecule has 0 spiro atoms. The topological polar surface area (TPSA) is 71.2 Å². The van der Waals surface area contributed by atoms with Gasteiger partial charge in [-0.15, -0.1) is 0 Å². The molecule has 2 N–H and O–H groups in total. The van der Waals surface area contributed by atoms with Gasteiger partial charge in [-0.25, -0.2) is 0 Å². The second-order valence-corrected chi connectivity index (χ2v) is 5.15. The first-order chi connectivity index (χ1) is 11.2. The summed E-state index contributed by atoms with van der Waals surface area (Å²) in [6.45, 7) is 0. The molecule has 23 heavy (non-hydrogen) atoms. The van der Waals surface area contributed by atoms with Crippen LogP contribution in [0.2, 0.25) is 0 Å². The third-order valence-corrected chi connectivity index (χ3v) is 3.61. The minimum absolute atomic E-state index is 0.117. The number of nitrogens with one attached hydrogen (secondary N) is 2. The summed E-state index contributed by atoms with van der Waals surface area (Å²) in [5.74, 6) is -0.0188. The number of carbonyl (C=O) groups excluding carboxylic acids is 2. The number of amides is 2. The fourth-order valence-electron chi connectivity index (χ4n) is 2.44. The number of aromatic nitrogens is 1. The molecule has 0 bridgehead atoms. The molecule has 1 heterocycles. The van der Waals surface area contributed by atoms with Gasteiger partial charge in [0.25, 0.3) is 5.91 Å². The number of ether oxygens (including phenoxy) is 1. The van der Waals surface area contributed by atoms with Crippen molar-refractivity contribution in [3.05, 3.63) is 65.9 Å². The average Bonchev–Trinajstić information content (AvgIpc) is 2.97. The van der Waals surface area contributed by atoms with Crippen molar-refractivity contribution in [1.29, 1.82) is 0 Å². The van der Waals surface area contributed by atoms with Gasteiger partial charge in [0, 0.05) is 22.7 Å². The van der Waals surface area contributed by atoms with Gasteiger partial charge in [0.15, 0.2) is 0 Å². The summed E-state index contributed by atoms with van der Waals surface area (Å²) in [4.78, 5) is 27.2. The molecule has 1 aromatic heterocycles. The van der Waals surface area contributed by atoms with Gasteiger partial charge in [0.05, 0.1) is 13.5 Å². The Morgan fingerprint density at radius 3 is 2.65 bits per heavy atom. The van der Waals surface area contributed by atoms with E-state index in [-0.39, 0.29) is 12.3 Å². The average molecular weight is 308 g/mol. The zero-order chi connectivity index (χ0) is 16.2. The Balaban J connectivity index is 1.74. The Morgan fingerprint density at radius 1 is 1.13 bits per heavy atom. The maximum Gasteiger partial charge on any atom is 0.257 e. The fourth-order valence-corrected chi connectivity index (χ4v) is 2.44. The molecule has 0 fully saturated rings. The quantitative estimate of drug-likeness (QED) is 0.778. The smallest absolute Gasteiger partial charge is 0.257 e. The number of methoxy groups -OCH3 is 1. The molecule has 2 amide bonds. The van der Waals surface area contributed by atoms with E-state index in [1.807, 2.05) is 24.3 Å². The van der Waals surface area contributed by atoms with Crippen LogP contribution in [0.25, 0.3) is 10.9 Å². The van der Waals surface area contributed by atoms with Gasteiger partial charge in [0.1, 0.15) is 5.75 Å². The van der Waals surface area contributed by atoms with E-state index >= 15 is 0 Å². The standard InChI is InChI=1S/C18H16N2O3/c1-23-14-7-8-16-15(10-14)13(11-19-16)9-17(21)20-18(22)12-5-3-2-4-6-12/h2-8,10-11,19H,9H2,1H3,(H,20,21,22). The Kier molecular flexibility index (Phi) is 4.10. The summed E-state index contributed by atoms with van der Waals surface area (Å²) in [6, 6.07) is 14.3. The number of hydrogen-bond donors (Lipinski definition) is 2. The first-order valence-corrected chi connectivity index (χ1v) is 7.20. The van der Waals surface area contributed by atoms with Crippen molar-refractivity contribution in [3.63, 3.8) is 0 Å². The monoisotopic (exact) mass is 308 g/mol. The summed E-state index contributed by atoms with van der Waals surface area (Å²) in [7, 11) is 1.60. The molecule has 116 valence electrons. The van der Waals surface area contributed by atoms with Gasteiger partial charge < -0.3 is 9.72 Å². The number of fused-ring (bicyclic) bond motifs is 1. The van der Waals surface area contributed by atoms with Crippen LogP contribution in [0.5, 0.6) is 5.75 Å². The van der Waals surface area contributed by atoms with Crippen LogP contribution in [0.15, 0.2) is 54.7 Å². The zero-order valence-corrected chi connectivity index (χ0v) is 12.6. The van der Waals surface area contributed by atoms with Crippen LogP contribution in [0.3, 0.4) is 0 Å². The number of H-pyrrole nitrogens is 1. The van der Waals surface area contributed by atoms with Crippen LogP contribution >= 0.6 is 0 Å². The van der Waals surface area contributed by atoms with E-state index in [0.29, 0.717) is 5.56 Å². The lowest BCUT2D eigenvalue weighted by Gasteiger charge is -2.04. The largest absolute Gasteiger partial charge is 0.497 e. The number of rotatable bonds is 4. The summed E-state index contributed by atoms with van der Waals surface area (Å²) < 4.78 is 5.21. The van der Waals surface area contributed by atoms with E-state index in [2.05, 4.69) is 10.3 Å². The molecule has 0 aliphatic heterocycles. The lowest BCUT2D eigenvalue weighted by Crippen LogP contribution is -2.31. The summed E-state index contributed by atoms with van der Waals surface area (Å²) >= 11 is 0. The van der Waals surface area contributed by atoms with Crippen LogP contribution < -0.4 is 10.1 Å². The SMILES string of the molecule is COc1ccc2[nH]cc(CC(=O)NC(=O)c3ccccc3)c2c1. The van der Waals surface area contributed by atoms with Gasteiger partial charge >= 0.3 is 0 Å². The second kappa shape index (κ2) is 6.36. The summed E-state index contributed by atoms with van der Waals surface area (Å²) in [5, 5.41) is 3.31. The van der Waals surface area contributed by atoms with E-state index in [0.717, 1.165) is 22.2 Å². The van der Waals surface area contributed by atoms with Crippen molar-refractivity contribution >= 4 is 22.7 Å². The van der Waals surface area contributed by atoms with Gasteiger partial charge in [-0.3, -0.25) is 14.9 Å². The molecule has 3 rings (SSSR count). The Labute approximate surface area is 133 Å². The van der Waals surface area contributed by atoms with Crippen LogP contribution in [0.1, 0.15) is 15.9 Å². The third kappa shape index (κ3) is 3.23. The fraction of sp³-hybridized carbons (Fsp3) is 0.111. The minimum atomic E-state index is -0.395. The molecule has 0 unspecified atom stereocenters. The maximum absolute atomic E-state index is 12.1. The van der Waals surface area contributed by atoms with Crippen molar-refractivity contribution < 1.29 is 14.3 Å². The van der Waals surface area contributed by atoms with E-state index in [1.54, 1.807) is 37.6 Å². The Morgan fingerprint density at radius 2 is 1.91 bits per heavy atom. The first kappa shape index (κ1) is 14.8. The van der Waals surface area contributed by atoms with Crippen molar-refractivity contribution in [1.82, 2.24) is 10.3 Å². The maximum atomic E-state index is 12.1. The van der Waals surface area contributed by atoms with Crippen LogP contribution in [0, 0.1) is 0 Å². The Bertz CT molecular complexity index is 853. The molecule has 0 aliphatic rings. The number of hydrogen-bond acceptors (Lipinski definition) is 3. The predicted molar refractivity (Wildman–Crippen MR) is 87.5 cm³/mol. The van der Waals surface area contributed by atoms with Crippen LogP contribution in [-0.2, 0) is 11.2 Å². The molecule has 2 aromatic carbocycles. The first-order valence-electron chi connectivity index (χ1n) is 7.20. The highest BCUT2D eigenvalue weighted by atomic mass is 16.5. The second-order valence-electron chi connectivity index (χ2n) is 5.15. The van der Waals surface area contributed by atoms with E-state index in [9.17, 15) is 9.59 Å². The Hall–Kier alpha value is -3.08. The normalized spacial score (nSPS) is 10.5. The number of imide groups is 1. The highest BCUT2D eigenvalue weighted by Crippen LogP contribution is 2.23. The lowest BCUT2D eigenvalue weighted by molar-refractivity contribution is -0.119. The van der Waals surface area contributed by atoms with Crippen molar-refractivity contribution in [2.24, 2.45) is 0 Å². The molecular formula is C18H16N2O3. The minimum Gasteiger partial charge on any atom is -0.497 e. The van der Waals surface area contributed by atoms with E-state index in [4.69, 9.17) is 4.74 Å². The molecule has 0 aliphatic carbocycles. The molecular weight excluding hydrogens is 292 g/mol. The number of benzene rings is 2. The van der Waals surface area contributed by atoms with Crippen LogP contribution in [0.4, 0.5) is 0 Å². The van der Waals surface area contributed by atoms with Gasteiger partial charge in [-0.1, -0.05) is 18.2 Å². The van der Waals surface area contributed by atoms with Crippen LogP contribution in [-0.4, -0.2) is 23.9 Å². The van der Waals surface area contributed by atoms with Crippen molar-refractivity contribution in [3.8, 4) is 5.75 Å². The molecule has 0 saturated carbocycles. The molecule has 5 nitrogen and oxygen atoms in total. The zero-order valence-electron chi connectivity index (χ0n) is 12.6. The van der Waals surface area contributed by atoms with Crippen molar-refractivity contribution in [2.45, 2.75) is 6.42 Å². The van der Waals surface area contributed by atoms with Gasteiger partial charge in [-0.05, 0) is 35.9 Å². The molecule has 0 atom stereocenters. The predicted octanol–water partition coefficient (Wildman–Crippen LogP) is 2.68. The van der Waals surface area contributed by atoms with Gasteiger partial charge in [-0.2, -0.15) is 0 Å². The lowest BCUT2D eigenvalue weighted by atomic mass is 10.1. The molecule has 0 radical (unpaired) electrons. The highest BCUT2D eigenvalue weighted by Gasteiger charge is 2.13.